The smallest absolute Gasteiger partial charge is 0.244 e. The van der Waals surface area contributed by atoms with Crippen LogP contribution in [0.5, 0.6) is 17.4 Å². The van der Waals surface area contributed by atoms with Crippen molar-refractivity contribution in [2.24, 2.45) is 5.73 Å². The van der Waals surface area contributed by atoms with E-state index in [1.807, 2.05) is 30.3 Å². The van der Waals surface area contributed by atoms with E-state index in [1.54, 1.807) is 18.2 Å². The third-order valence-electron chi connectivity index (χ3n) is 4.54. The number of benzene rings is 2. The van der Waals surface area contributed by atoms with Gasteiger partial charge in [0.2, 0.25) is 11.8 Å². The zero-order valence-corrected chi connectivity index (χ0v) is 14.4. The highest BCUT2D eigenvalue weighted by Gasteiger charge is 2.35. The number of phenols is 1. The Hall–Kier alpha value is -3.92. The van der Waals surface area contributed by atoms with Crippen molar-refractivity contribution in [1.29, 1.82) is 5.26 Å². The molecule has 0 amide bonds. The largest absolute Gasteiger partial charge is 0.504 e. The third-order valence-corrected chi connectivity index (χ3v) is 4.54. The monoisotopic (exact) mass is 360 g/mol. The van der Waals surface area contributed by atoms with Crippen molar-refractivity contribution in [3.63, 3.8) is 0 Å². The molecule has 0 unspecified atom stereocenters. The van der Waals surface area contributed by atoms with Gasteiger partial charge >= 0.3 is 0 Å². The van der Waals surface area contributed by atoms with Gasteiger partial charge in [-0.15, -0.1) is 5.10 Å². The number of ether oxygens (including phenoxy) is 2. The van der Waals surface area contributed by atoms with Gasteiger partial charge in [-0.25, -0.2) is 0 Å². The number of phenolic OH excluding ortho intramolecular Hbond substituents is 1. The summed E-state index contributed by atoms with van der Waals surface area (Å²) in [6, 6.07) is 16.7. The number of nitriles is 1. The molecule has 0 aliphatic carbocycles. The molecular weight excluding hydrogens is 344 g/mol. The number of aromatic nitrogens is 2. The first-order chi connectivity index (χ1) is 13.1. The number of hydrogen-bond donors (Lipinski definition) is 3. The Labute approximate surface area is 155 Å². The van der Waals surface area contributed by atoms with Crippen LogP contribution in [0.1, 0.15) is 17.0 Å². The van der Waals surface area contributed by atoms with E-state index in [0.717, 1.165) is 11.3 Å². The predicted octanol–water partition coefficient (Wildman–Crippen LogP) is 3.01. The highest BCUT2D eigenvalue weighted by atomic mass is 16.5. The molecule has 7 heteroatoms. The van der Waals surface area contributed by atoms with Gasteiger partial charge in [0.25, 0.3) is 0 Å². The van der Waals surface area contributed by atoms with Crippen molar-refractivity contribution in [2.45, 2.75) is 5.92 Å². The van der Waals surface area contributed by atoms with Gasteiger partial charge in [-0.2, -0.15) is 5.26 Å². The number of aromatic amines is 1. The van der Waals surface area contributed by atoms with Crippen molar-refractivity contribution in [1.82, 2.24) is 10.2 Å². The van der Waals surface area contributed by atoms with Crippen LogP contribution in [-0.4, -0.2) is 22.4 Å². The summed E-state index contributed by atoms with van der Waals surface area (Å²) in [7, 11) is 1.48. The number of nitrogens with one attached hydrogen (secondary N) is 1. The maximum atomic E-state index is 10.2. The summed E-state index contributed by atoms with van der Waals surface area (Å²) >= 11 is 0. The van der Waals surface area contributed by atoms with Gasteiger partial charge in [0.15, 0.2) is 11.5 Å². The van der Waals surface area contributed by atoms with Crippen LogP contribution >= 0.6 is 0 Å². The highest BCUT2D eigenvalue weighted by molar-refractivity contribution is 5.71. The molecule has 1 aliphatic heterocycles. The van der Waals surface area contributed by atoms with Gasteiger partial charge in [-0.05, 0) is 23.3 Å². The van der Waals surface area contributed by atoms with Crippen LogP contribution in [0, 0.1) is 11.3 Å². The van der Waals surface area contributed by atoms with Crippen LogP contribution in [-0.2, 0) is 0 Å². The molecule has 0 fully saturated rings. The molecule has 4 rings (SSSR count). The second kappa shape index (κ2) is 6.42. The average Bonchev–Trinajstić information content (AvgIpc) is 3.10. The Morgan fingerprint density at radius 2 is 2.04 bits per heavy atom. The summed E-state index contributed by atoms with van der Waals surface area (Å²) in [6.45, 7) is 0. The number of aromatic hydroxyl groups is 1. The molecule has 7 nitrogen and oxygen atoms in total. The molecule has 2 aromatic carbocycles. The van der Waals surface area contributed by atoms with E-state index in [9.17, 15) is 10.4 Å². The minimum absolute atomic E-state index is 0.00332. The number of H-pyrrole nitrogens is 1. The van der Waals surface area contributed by atoms with Crippen LogP contribution in [0.2, 0.25) is 0 Å². The Kier molecular flexibility index (Phi) is 3.94. The fourth-order valence-electron chi connectivity index (χ4n) is 3.29. The summed E-state index contributed by atoms with van der Waals surface area (Å²) in [5.74, 6) is 0.0900. The average molecular weight is 360 g/mol. The predicted molar refractivity (Wildman–Crippen MR) is 98.0 cm³/mol. The van der Waals surface area contributed by atoms with Crippen LogP contribution in [0.4, 0.5) is 0 Å². The summed E-state index contributed by atoms with van der Waals surface area (Å²) in [4.78, 5) is 0. The zero-order chi connectivity index (χ0) is 19.0. The lowest BCUT2D eigenvalue weighted by molar-refractivity contribution is 0.371. The van der Waals surface area contributed by atoms with Crippen molar-refractivity contribution in [2.75, 3.05) is 7.11 Å². The molecule has 0 saturated heterocycles. The van der Waals surface area contributed by atoms with Gasteiger partial charge in [0, 0.05) is 0 Å². The lowest BCUT2D eigenvalue weighted by Gasteiger charge is -2.24. The SMILES string of the molecule is COc1ccc([C@H]2C(C#N)=C(N)Oc3n[nH]c(-c4ccccc4)c32)cc1O. The fourth-order valence-corrected chi connectivity index (χ4v) is 3.29. The minimum atomic E-state index is -0.537. The normalized spacial score (nSPS) is 15.6. The number of fused-ring (bicyclic) bond motifs is 1. The second-order valence-corrected chi connectivity index (χ2v) is 6.04. The molecule has 0 spiro atoms. The maximum absolute atomic E-state index is 10.2. The molecule has 134 valence electrons. The maximum Gasteiger partial charge on any atom is 0.244 e. The fraction of sp³-hybridized carbons (Fsp3) is 0.100. The quantitative estimate of drug-likeness (QED) is 0.661. The number of allylic oxidation sites excluding steroid dienone is 1. The Balaban J connectivity index is 1.94. The van der Waals surface area contributed by atoms with Crippen molar-refractivity contribution in [3.05, 3.63) is 71.1 Å². The Morgan fingerprint density at radius 1 is 1.26 bits per heavy atom. The van der Waals surface area contributed by atoms with Gasteiger partial charge < -0.3 is 20.3 Å². The molecule has 0 radical (unpaired) electrons. The van der Waals surface area contributed by atoms with Crippen molar-refractivity contribution in [3.8, 4) is 34.7 Å². The van der Waals surface area contributed by atoms with Crippen LogP contribution in [0.3, 0.4) is 0 Å². The lowest BCUT2D eigenvalue weighted by Crippen LogP contribution is -2.21. The molecule has 2 heterocycles. The molecular formula is C20H16N4O3. The Bertz CT molecular complexity index is 1080. The van der Waals surface area contributed by atoms with Crippen molar-refractivity contribution >= 4 is 0 Å². The molecule has 1 atom stereocenters. The molecule has 1 aliphatic rings. The first kappa shape index (κ1) is 16.5. The van der Waals surface area contributed by atoms with E-state index in [0.29, 0.717) is 22.8 Å². The number of nitrogens with zero attached hydrogens (tertiary/aromatic N) is 2. The lowest BCUT2D eigenvalue weighted by atomic mass is 9.83. The van der Waals surface area contributed by atoms with Crippen LogP contribution in [0.25, 0.3) is 11.3 Å². The van der Waals surface area contributed by atoms with E-state index in [4.69, 9.17) is 15.2 Å². The first-order valence-electron chi connectivity index (χ1n) is 8.22. The third kappa shape index (κ3) is 2.64. The van der Waals surface area contributed by atoms with E-state index in [-0.39, 0.29) is 17.2 Å². The molecule has 0 bridgehead atoms. The van der Waals surface area contributed by atoms with Gasteiger partial charge in [-0.1, -0.05) is 36.4 Å². The number of rotatable bonds is 3. The summed E-state index contributed by atoms with van der Waals surface area (Å²) in [6.07, 6.45) is 0. The first-order valence-corrected chi connectivity index (χ1v) is 8.22. The van der Waals surface area contributed by atoms with Gasteiger partial charge in [0.1, 0.15) is 11.6 Å². The molecule has 27 heavy (non-hydrogen) atoms. The minimum Gasteiger partial charge on any atom is -0.504 e. The molecule has 1 aromatic heterocycles. The topological polar surface area (TPSA) is 117 Å². The molecule has 3 aromatic rings. The standard InChI is InChI=1S/C20H16N4O3/c1-26-15-8-7-12(9-14(15)25)16-13(10-21)19(22)27-20-17(16)18(23-24-20)11-5-3-2-4-6-11/h2-9,16,25H,22H2,1H3,(H,23,24)/t16-/m0/s1. The van der Waals surface area contributed by atoms with Gasteiger partial charge in [0.05, 0.1) is 24.3 Å². The summed E-state index contributed by atoms with van der Waals surface area (Å²) in [5, 5.41) is 27.1. The van der Waals surface area contributed by atoms with Gasteiger partial charge in [-0.3, -0.25) is 5.10 Å². The summed E-state index contributed by atoms with van der Waals surface area (Å²) < 4.78 is 10.7. The number of nitrogens with two attached hydrogens (primary N) is 1. The van der Waals surface area contributed by atoms with Crippen molar-refractivity contribution < 1.29 is 14.6 Å². The second-order valence-electron chi connectivity index (χ2n) is 6.04. The number of methoxy groups -OCH3 is 1. The van der Waals surface area contributed by atoms with E-state index in [1.165, 1.54) is 7.11 Å². The van der Waals surface area contributed by atoms with E-state index in [2.05, 4.69) is 16.3 Å². The van der Waals surface area contributed by atoms with Crippen LogP contribution < -0.4 is 15.2 Å². The van der Waals surface area contributed by atoms with E-state index >= 15 is 0 Å². The molecule has 0 saturated carbocycles. The van der Waals surface area contributed by atoms with Crippen LogP contribution in [0.15, 0.2) is 60.0 Å². The Morgan fingerprint density at radius 3 is 2.70 bits per heavy atom. The zero-order valence-electron chi connectivity index (χ0n) is 14.4. The summed E-state index contributed by atoms with van der Waals surface area (Å²) in [5.41, 5.74) is 9.22. The highest BCUT2D eigenvalue weighted by Crippen LogP contribution is 2.46. The number of hydrogen-bond acceptors (Lipinski definition) is 6. The molecule has 4 N–H and O–H groups in total. The van der Waals surface area contributed by atoms with E-state index < -0.39 is 5.92 Å².